The normalized spacial score (nSPS) is 10.6. The van der Waals surface area contributed by atoms with E-state index in [2.05, 4.69) is 5.32 Å². The van der Waals surface area contributed by atoms with Gasteiger partial charge in [0.05, 0.1) is 6.54 Å². The minimum Gasteiger partial charge on any atom is -0.369 e. The largest absolute Gasteiger partial charge is 0.369 e. The maximum atomic E-state index is 11.8. The van der Waals surface area contributed by atoms with Gasteiger partial charge in [-0.25, -0.2) is 0 Å². The number of primary amides is 1. The Balaban J connectivity index is 2.35. The number of hydrogen-bond acceptors (Lipinski definition) is 4. The molecule has 0 heterocycles. The van der Waals surface area contributed by atoms with Crippen LogP contribution in [0.25, 0.3) is 0 Å². The molecule has 1 aromatic rings. The maximum absolute atomic E-state index is 11.8. The Morgan fingerprint density at radius 2 is 2.00 bits per heavy atom. The van der Waals surface area contributed by atoms with E-state index in [0.717, 1.165) is 11.3 Å². The highest BCUT2D eigenvalue weighted by molar-refractivity contribution is 5.91. The number of carbonyl (C=O) groups is 2. The Morgan fingerprint density at radius 3 is 2.65 bits per heavy atom. The van der Waals surface area contributed by atoms with Crippen molar-refractivity contribution in [1.82, 2.24) is 4.90 Å². The van der Waals surface area contributed by atoms with Crippen molar-refractivity contribution in [1.29, 1.82) is 0 Å². The third kappa shape index (κ3) is 5.81. The molecule has 0 aliphatic rings. The topological polar surface area (TPSA) is 101 Å². The number of hydrogen-bond donors (Lipinski definition) is 3. The van der Waals surface area contributed by atoms with Gasteiger partial charge in [0.2, 0.25) is 11.8 Å². The molecule has 110 valence electrons. The number of rotatable bonds is 8. The summed E-state index contributed by atoms with van der Waals surface area (Å²) < 4.78 is 0. The van der Waals surface area contributed by atoms with Crippen molar-refractivity contribution >= 4 is 17.5 Å². The number of likely N-dealkylation sites (N-methyl/N-ethyl adjacent to an activating group) is 1. The summed E-state index contributed by atoms with van der Waals surface area (Å²) >= 11 is 0. The van der Waals surface area contributed by atoms with Crippen molar-refractivity contribution in [2.75, 3.05) is 25.5 Å². The number of nitrogens with zero attached hydrogens (tertiary/aromatic N) is 1. The highest BCUT2D eigenvalue weighted by atomic mass is 16.2. The second kappa shape index (κ2) is 8.29. The molecule has 1 rings (SSSR count). The van der Waals surface area contributed by atoms with Crippen molar-refractivity contribution in [3.05, 3.63) is 29.8 Å². The van der Waals surface area contributed by atoms with Gasteiger partial charge in [-0.15, -0.1) is 0 Å². The maximum Gasteiger partial charge on any atom is 0.231 e. The van der Waals surface area contributed by atoms with Crippen LogP contribution in [0.15, 0.2) is 24.3 Å². The van der Waals surface area contributed by atoms with Gasteiger partial charge in [-0.2, -0.15) is 0 Å². The molecule has 0 saturated carbocycles. The van der Waals surface area contributed by atoms with Crippen LogP contribution in [0.4, 0.5) is 5.69 Å². The first-order valence-corrected chi connectivity index (χ1v) is 6.57. The summed E-state index contributed by atoms with van der Waals surface area (Å²) in [4.78, 5) is 24.3. The van der Waals surface area contributed by atoms with Crippen molar-refractivity contribution in [3.8, 4) is 0 Å². The first kappa shape index (κ1) is 16.1. The zero-order chi connectivity index (χ0) is 15.0. The number of para-hydroxylation sites is 1. The second-order valence-electron chi connectivity index (χ2n) is 4.72. The molecule has 6 nitrogen and oxygen atoms in total. The molecular formula is C14H22N4O2. The van der Waals surface area contributed by atoms with Crippen LogP contribution in [-0.2, 0) is 16.1 Å². The minimum atomic E-state index is -0.367. The first-order chi connectivity index (χ1) is 9.52. The fourth-order valence-corrected chi connectivity index (χ4v) is 1.89. The van der Waals surface area contributed by atoms with Gasteiger partial charge in [0, 0.05) is 18.7 Å². The van der Waals surface area contributed by atoms with E-state index in [1.165, 1.54) is 0 Å². The Hall–Kier alpha value is -1.92. The second-order valence-corrected chi connectivity index (χ2v) is 4.72. The quantitative estimate of drug-likeness (QED) is 0.635. The molecule has 0 aromatic heterocycles. The number of anilines is 1. The average molecular weight is 278 g/mol. The Bertz CT molecular complexity index is 462. The lowest BCUT2D eigenvalue weighted by atomic mass is 10.1. The third-order valence-electron chi connectivity index (χ3n) is 2.88. The number of amides is 2. The van der Waals surface area contributed by atoms with Crippen LogP contribution >= 0.6 is 0 Å². The molecule has 2 amide bonds. The lowest BCUT2D eigenvalue weighted by molar-refractivity contribution is -0.118. The SMILES string of the molecule is CN(CCCC(=O)Nc1ccccc1CN)CC(N)=O. The molecule has 6 heteroatoms. The molecule has 0 atom stereocenters. The van der Waals surface area contributed by atoms with Gasteiger partial charge in [0.15, 0.2) is 0 Å². The van der Waals surface area contributed by atoms with Crippen molar-refractivity contribution in [3.63, 3.8) is 0 Å². The van der Waals surface area contributed by atoms with Crippen molar-refractivity contribution in [2.45, 2.75) is 19.4 Å². The highest BCUT2D eigenvalue weighted by Gasteiger charge is 2.07. The van der Waals surface area contributed by atoms with E-state index in [1.54, 1.807) is 11.9 Å². The summed E-state index contributed by atoms with van der Waals surface area (Å²) in [6, 6.07) is 7.46. The molecule has 0 radical (unpaired) electrons. The van der Waals surface area contributed by atoms with Crippen LogP contribution < -0.4 is 16.8 Å². The monoisotopic (exact) mass is 278 g/mol. The van der Waals surface area contributed by atoms with E-state index in [0.29, 0.717) is 25.9 Å². The van der Waals surface area contributed by atoms with Crippen LogP contribution in [0, 0.1) is 0 Å². The van der Waals surface area contributed by atoms with Gasteiger partial charge in [-0.1, -0.05) is 18.2 Å². The van der Waals surface area contributed by atoms with Gasteiger partial charge in [0.1, 0.15) is 0 Å². The lowest BCUT2D eigenvalue weighted by Gasteiger charge is -2.14. The molecule has 5 N–H and O–H groups in total. The van der Waals surface area contributed by atoms with Crippen LogP contribution in [-0.4, -0.2) is 36.9 Å². The van der Waals surface area contributed by atoms with E-state index in [1.807, 2.05) is 24.3 Å². The fourth-order valence-electron chi connectivity index (χ4n) is 1.89. The molecule has 0 unspecified atom stereocenters. The van der Waals surface area contributed by atoms with Gasteiger partial charge in [-0.3, -0.25) is 14.5 Å². The number of benzene rings is 1. The molecule has 0 aliphatic carbocycles. The third-order valence-corrected chi connectivity index (χ3v) is 2.88. The van der Waals surface area contributed by atoms with Crippen LogP contribution in [0.1, 0.15) is 18.4 Å². The van der Waals surface area contributed by atoms with E-state index in [4.69, 9.17) is 11.5 Å². The summed E-state index contributed by atoms with van der Waals surface area (Å²) in [5, 5.41) is 2.85. The smallest absolute Gasteiger partial charge is 0.231 e. The molecule has 0 spiro atoms. The molecule has 0 aliphatic heterocycles. The predicted molar refractivity (Wildman–Crippen MR) is 78.9 cm³/mol. The van der Waals surface area contributed by atoms with Crippen molar-refractivity contribution < 1.29 is 9.59 Å². The predicted octanol–water partition coefficient (Wildman–Crippen LogP) is 0.281. The van der Waals surface area contributed by atoms with Crippen LogP contribution in [0.2, 0.25) is 0 Å². The summed E-state index contributed by atoms with van der Waals surface area (Å²) in [5.41, 5.74) is 12.4. The zero-order valence-corrected chi connectivity index (χ0v) is 11.8. The Labute approximate surface area is 119 Å². The van der Waals surface area contributed by atoms with Gasteiger partial charge in [-0.05, 0) is 31.6 Å². The number of carbonyl (C=O) groups excluding carboxylic acids is 2. The summed E-state index contributed by atoms with van der Waals surface area (Å²) in [5.74, 6) is -0.424. The van der Waals surface area contributed by atoms with E-state index in [9.17, 15) is 9.59 Å². The summed E-state index contributed by atoms with van der Waals surface area (Å²) in [6.45, 7) is 1.24. The average Bonchev–Trinajstić information content (AvgIpc) is 2.38. The number of nitrogens with two attached hydrogens (primary N) is 2. The van der Waals surface area contributed by atoms with Crippen LogP contribution in [0.3, 0.4) is 0 Å². The van der Waals surface area contributed by atoms with Crippen molar-refractivity contribution in [2.24, 2.45) is 11.5 Å². The van der Waals surface area contributed by atoms with E-state index in [-0.39, 0.29) is 18.4 Å². The molecule has 1 aromatic carbocycles. The Morgan fingerprint density at radius 1 is 1.30 bits per heavy atom. The van der Waals surface area contributed by atoms with E-state index >= 15 is 0 Å². The molecule has 0 fully saturated rings. The molecular weight excluding hydrogens is 256 g/mol. The first-order valence-electron chi connectivity index (χ1n) is 6.57. The summed E-state index contributed by atoms with van der Waals surface area (Å²) in [6.07, 6.45) is 1.06. The molecule has 20 heavy (non-hydrogen) atoms. The minimum absolute atomic E-state index is 0.0571. The molecule has 0 bridgehead atoms. The molecule has 0 saturated heterocycles. The summed E-state index contributed by atoms with van der Waals surface area (Å²) in [7, 11) is 1.80. The lowest BCUT2D eigenvalue weighted by Crippen LogP contribution is -2.31. The number of nitrogens with one attached hydrogen (secondary N) is 1. The van der Waals surface area contributed by atoms with Gasteiger partial charge < -0.3 is 16.8 Å². The van der Waals surface area contributed by atoms with Gasteiger partial charge >= 0.3 is 0 Å². The fraction of sp³-hybridized carbons (Fsp3) is 0.429. The highest BCUT2D eigenvalue weighted by Crippen LogP contribution is 2.14. The Kier molecular flexibility index (Phi) is 6.69. The van der Waals surface area contributed by atoms with E-state index < -0.39 is 0 Å². The zero-order valence-electron chi connectivity index (χ0n) is 11.8. The van der Waals surface area contributed by atoms with Crippen LogP contribution in [0.5, 0.6) is 0 Å². The standard InChI is InChI=1S/C14H22N4O2/c1-18(10-13(16)19)8-4-7-14(20)17-12-6-3-2-5-11(12)9-15/h2-3,5-6H,4,7-10,15H2,1H3,(H2,16,19)(H,17,20). The van der Waals surface area contributed by atoms with Gasteiger partial charge in [0.25, 0.3) is 0 Å².